The van der Waals surface area contributed by atoms with Crippen LogP contribution in [0.1, 0.15) is 32.0 Å². The van der Waals surface area contributed by atoms with E-state index in [2.05, 4.69) is 10.4 Å². The fraction of sp³-hybridized carbons (Fsp3) is 0.750. The molecule has 6 nitrogen and oxygen atoms in total. The van der Waals surface area contributed by atoms with Crippen LogP contribution >= 0.6 is 0 Å². The van der Waals surface area contributed by atoms with Crippen molar-refractivity contribution in [2.45, 2.75) is 38.1 Å². The molecule has 2 unspecified atom stereocenters. The Balaban J connectivity index is 3.27. The van der Waals surface area contributed by atoms with Crippen LogP contribution in [-0.2, 0) is 16.4 Å². The first kappa shape index (κ1) is 16.0. The fourth-order valence-electron chi connectivity index (χ4n) is 2.08. The molecule has 0 saturated heterocycles. The molecule has 110 valence electrons. The number of hydrogen-bond donors (Lipinski definition) is 1. The van der Waals surface area contributed by atoms with Gasteiger partial charge in [0.1, 0.15) is 0 Å². The van der Waals surface area contributed by atoms with E-state index in [-0.39, 0.29) is 6.04 Å². The van der Waals surface area contributed by atoms with E-state index in [1.54, 1.807) is 27.3 Å². The van der Waals surface area contributed by atoms with E-state index in [1.165, 1.54) is 6.26 Å². The molecular weight excluding hydrogens is 266 g/mol. The number of aromatic nitrogens is 2. The monoisotopic (exact) mass is 289 g/mol. The summed E-state index contributed by atoms with van der Waals surface area (Å²) in [4.78, 5) is 0. The lowest BCUT2D eigenvalue weighted by atomic mass is 10.1. The van der Waals surface area contributed by atoms with Crippen LogP contribution in [0.2, 0.25) is 0 Å². The number of hydrogen-bond acceptors (Lipinski definition) is 5. The van der Waals surface area contributed by atoms with E-state index >= 15 is 0 Å². The number of rotatable bonds is 7. The number of sulfone groups is 1. The highest BCUT2D eigenvalue weighted by atomic mass is 32.2. The van der Waals surface area contributed by atoms with Crippen molar-refractivity contribution < 1.29 is 13.2 Å². The Morgan fingerprint density at radius 1 is 1.53 bits per heavy atom. The zero-order valence-corrected chi connectivity index (χ0v) is 13.0. The number of ether oxygens (including phenoxy) is 1. The van der Waals surface area contributed by atoms with Gasteiger partial charge in [-0.2, -0.15) is 5.10 Å². The Labute approximate surface area is 115 Å². The van der Waals surface area contributed by atoms with Gasteiger partial charge in [-0.05, 0) is 20.4 Å². The van der Waals surface area contributed by atoms with E-state index in [0.29, 0.717) is 5.75 Å². The number of methoxy groups -OCH3 is 1. The highest BCUT2D eigenvalue weighted by Crippen LogP contribution is 2.29. The van der Waals surface area contributed by atoms with Crippen molar-refractivity contribution in [1.29, 1.82) is 0 Å². The molecule has 1 aromatic rings. The lowest BCUT2D eigenvalue weighted by Gasteiger charge is -2.24. The second-order valence-electron chi connectivity index (χ2n) is 4.62. The molecule has 7 heteroatoms. The van der Waals surface area contributed by atoms with E-state index in [1.807, 2.05) is 11.6 Å². The van der Waals surface area contributed by atoms with Crippen molar-refractivity contribution in [3.8, 4) is 5.75 Å². The van der Waals surface area contributed by atoms with Crippen LogP contribution in [0.4, 0.5) is 0 Å². The van der Waals surface area contributed by atoms with Crippen molar-refractivity contribution >= 4 is 9.84 Å². The molecule has 0 aromatic carbocycles. The summed E-state index contributed by atoms with van der Waals surface area (Å²) in [6, 6.07) is -0.348. The van der Waals surface area contributed by atoms with Crippen molar-refractivity contribution in [1.82, 2.24) is 15.1 Å². The summed E-state index contributed by atoms with van der Waals surface area (Å²) in [7, 11) is 0.153. The molecule has 0 aliphatic rings. The van der Waals surface area contributed by atoms with Crippen molar-refractivity contribution in [3.05, 3.63) is 11.9 Å². The van der Waals surface area contributed by atoms with Crippen LogP contribution < -0.4 is 10.1 Å². The second-order valence-corrected chi connectivity index (χ2v) is 7.02. The zero-order chi connectivity index (χ0) is 14.6. The number of nitrogens with zero attached hydrogens (tertiary/aromatic N) is 2. The summed E-state index contributed by atoms with van der Waals surface area (Å²) in [6.07, 6.45) is 3.79. The van der Waals surface area contributed by atoms with Gasteiger partial charge in [-0.3, -0.25) is 4.68 Å². The van der Waals surface area contributed by atoms with Gasteiger partial charge in [0.25, 0.3) is 0 Å². The molecule has 0 aliphatic carbocycles. The van der Waals surface area contributed by atoms with Gasteiger partial charge in [0.2, 0.25) is 0 Å². The summed E-state index contributed by atoms with van der Waals surface area (Å²) in [5, 5.41) is 6.77. The minimum atomic E-state index is -3.16. The van der Waals surface area contributed by atoms with Gasteiger partial charge in [-0.1, -0.05) is 6.92 Å². The summed E-state index contributed by atoms with van der Waals surface area (Å²) in [5.74, 6) is 0.614. The predicted octanol–water partition coefficient (Wildman–Crippen LogP) is 0.995. The Kier molecular flexibility index (Phi) is 5.37. The van der Waals surface area contributed by atoms with Gasteiger partial charge in [-0.15, -0.1) is 0 Å². The lowest BCUT2D eigenvalue weighted by Crippen LogP contribution is -2.35. The first-order valence-electron chi connectivity index (χ1n) is 6.32. The molecule has 0 saturated carbocycles. The van der Waals surface area contributed by atoms with Crippen molar-refractivity contribution in [2.75, 3.05) is 20.4 Å². The SMILES string of the molecule is CCCn1ncc(OC)c1C(NC)C(C)S(C)(=O)=O. The Morgan fingerprint density at radius 2 is 2.16 bits per heavy atom. The maximum absolute atomic E-state index is 11.8. The van der Waals surface area contributed by atoms with Crippen LogP contribution in [0.25, 0.3) is 0 Å². The third kappa shape index (κ3) is 3.48. The molecule has 0 fully saturated rings. The zero-order valence-electron chi connectivity index (χ0n) is 12.2. The van der Waals surface area contributed by atoms with Crippen LogP contribution in [0, 0.1) is 0 Å². The predicted molar refractivity (Wildman–Crippen MR) is 75.2 cm³/mol. The number of nitrogens with one attached hydrogen (secondary N) is 1. The highest BCUT2D eigenvalue weighted by Gasteiger charge is 2.31. The van der Waals surface area contributed by atoms with Crippen LogP contribution in [0.3, 0.4) is 0 Å². The maximum atomic E-state index is 11.8. The molecule has 2 atom stereocenters. The highest BCUT2D eigenvalue weighted by molar-refractivity contribution is 7.91. The molecule has 1 rings (SSSR count). The standard InChI is InChI=1S/C12H23N3O3S/c1-6-7-15-12(10(18-4)8-14-15)11(13-3)9(2)19(5,16)17/h8-9,11,13H,6-7H2,1-5H3. The molecule has 0 radical (unpaired) electrons. The molecule has 0 bridgehead atoms. The molecule has 0 amide bonds. The van der Waals surface area contributed by atoms with Crippen molar-refractivity contribution in [2.24, 2.45) is 0 Å². The van der Waals surface area contributed by atoms with Crippen LogP contribution in [-0.4, -0.2) is 43.9 Å². The topological polar surface area (TPSA) is 73.2 Å². The molecule has 0 aliphatic heterocycles. The molecule has 19 heavy (non-hydrogen) atoms. The van der Waals surface area contributed by atoms with E-state index in [9.17, 15) is 8.42 Å². The summed E-state index contributed by atoms with van der Waals surface area (Å²) in [6.45, 7) is 4.47. The minimum Gasteiger partial charge on any atom is -0.493 e. The molecule has 1 N–H and O–H groups in total. The smallest absolute Gasteiger partial charge is 0.161 e. The third-order valence-electron chi connectivity index (χ3n) is 3.25. The van der Waals surface area contributed by atoms with Gasteiger partial charge in [0, 0.05) is 12.8 Å². The number of aryl methyl sites for hydroxylation is 1. The van der Waals surface area contributed by atoms with E-state index in [4.69, 9.17) is 4.74 Å². The molecular formula is C12H23N3O3S. The fourth-order valence-corrected chi connectivity index (χ4v) is 2.84. The summed E-state index contributed by atoms with van der Waals surface area (Å²) in [5.41, 5.74) is 0.782. The molecule has 1 aromatic heterocycles. The van der Waals surface area contributed by atoms with Gasteiger partial charge in [-0.25, -0.2) is 8.42 Å². The third-order valence-corrected chi connectivity index (χ3v) is 4.87. The van der Waals surface area contributed by atoms with E-state index in [0.717, 1.165) is 18.7 Å². The Hall–Kier alpha value is -1.08. The van der Waals surface area contributed by atoms with Gasteiger partial charge < -0.3 is 10.1 Å². The Morgan fingerprint density at radius 3 is 2.58 bits per heavy atom. The van der Waals surface area contributed by atoms with Gasteiger partial charge >= 0.3 is 0 Å². The molecule has 0 spiro atoms. The van der Waals surface area contributed by atoms with Gasteiger partial charge in [0.05, 0.1) is 30.3 Å². The van der Waals surface area contributed by atoms with E-state index < -0.39 is 15.1 Å². The molecule has 1 heterocycles. The average Bonchev–Trinajstić information content (AvgIpc) is 2.73. The quantitative estimate of drug-likeness (QED) is 0.810. The van der Waals surface area contributed by atoms with Gasteiger partial charge in [0.15, 0.2) is 15.6 Å². The average molecular weight is 289 g/mol. The minimum absolute atomic E-state index is 0.348. The second kappa shape index (κ2) is 6.38. The first-order chi connectivity index (χ1) is 8.86. The van der Waals surface area contributed by atoms with Crippen molar-refractivity contribution in [3.63, 3.8) is 0 Å². The maximum Gasteiger partial charge on any atom is 0.161 e. The van der Waals surface area contributed by atoms with Crippen LogP contribution in [0.5, 0.6) is 5.75 Å². The normalized spacial score (nSPS) is 15.2. The Bertz CT molecular complexity index is 510. The summed E-state index contributed by atoms with van der Waals surface area (Å²) < 4.78 is 30.7. The lowest BCUT2D eigenvalue weighted by molar-refractivity contribution is 0.391. The van der Waals surface area contributed by atoms with Crippen LogP contribution in [0.15, 0.2) is 6.20 Å². The first-order valence-corrected chi connectivity index (χ1v) is 8.28. The largest absolute Gasteiger partial charge is 0.493 e. The summed E-state index contributed by atoms with van der Waals surface area (Å²) >= 11 is 0.